The second-order valence-corrected chi connectivity index (χ2v) is 6.30. The van der Waals surface area contributed by atoms with Gasteiger partial charge in [0.25, 0.3) is 0 Å². The molecule has 0 saturated carbocycles. The summed E-state index contributed by atoms with van der Waals surface area (Å²) in [6.07, 6.45) is 1.44. The summed E-state index contributed by atoms with van der Waals surface area (Å²) in [7, 11) is 0. The maximum absolute atomic E-state index is 12.0. The second kappa shape index (κ2) is 6.80. The van der Waals surface area contributed by atoms with E-state index >= 15 is 0 Å². The van der Waals surface area contributed by atoms with E-state index in [-0.39, 0.29) is 12.2 Å². The Morgan fingerprint density at radius 2 is 2.04 bits per heavy atom. The van der Waals surface area contributed by atoms with Crippen LogP contribution in [-0.2, 0) is 11.3 Å². The van der Waals surface area contributed by atoms with E-state index in [4.69, 9.17) is 16.3 Å². The number of hydrogen-bond acceptors (Lipinski definition) is 5. The van der Waals surface area contributed by atoms with Gasteiger partial charge in [0.2, 0.25) is 0 Å². The molecule has 3 rings (SSSR count). The van der Waals surface area contributed by atoms with Crippen LogP contribution < -0.4 is 0 Å². The van der Waals surface area contributed by atoms with E-state index in [9.17, 15) is 4.79 Å². The smallest absolute Gasteiger partial charge is 0.341 e. The number of carbonyl (C=O) groups is 1. The SMILES string of the molecule is CCOC(=O)c1cnc2c(c(C)nn2Cc2cc(C)cc(C)n2)c1Cl. The summed E-state index contributed by atoms with van der Waals surface area (Å²) in [6.45, 7) is 8.35. The third-order valence-electron chi connectivity index (χ3n) is 3.83. The fourth-order valence-corrected chi connectivity index (χ4v) is 3.24. The highest BCUT2D eigenvalue weighted by Gasteiger charge is 2.20. The Balaban J connectivity index is 2.06. The molecule has 3 aromatic rings. The topological polar surface area (TPSA) is 69.9 Å². The standard InChI is InChI=1S/C18H19ClN4O2/c1-5-25-18(24)14-8-20-17-15(16(14)19)12(4)22-23(17)9-13-7-10(2)6-11(3)21-13/h6-8H,5,9H2,1-4H3. The molecule has 0 aromatic carbocycles. The molecule has 0 aliphatic heterocycles. The van der Waals surface area contributed by atoms with Crippen molar-refractivity contribution in [2.45, 2.75) is 34.2 Å². The lowest BCUT2D eigenvalue weighted by molar-refractivity contribution is 0.0526. The number of carbonyl (C=O) groups excluding carboxylic acids is 1. The number of hydrogen-bond donors (Lipinski definition) is 0. The van der Waals surface area contributed by atoms with Gasteiger partial charge in [-0.3, -0.25) is 4.98 Å². The van der Waals surface area contributed by atoms with Gasteiger partial charge in [0.15, 0.2) is 5.65 Å². The van der Waals surface area contributed by atoms with E-state index in [2.05, 4.69) is 15.1 Å². The van der Waals surface area contributed by atoms with Crippen LogP contribution in [0.15, 0.2) is 18.3 Å². The minimum Gasteiger partial charge on any atom is -0.462 e. The molecule has 0 fully saturated rings. The van der Waals surface area contributed by atoms with Crippen LogP contribution >= 0.6 is 11.6 Å². The monoisotopic (exact) mass is 358 g/mol. The minimum atomic E-state index is -0.481. The van der Waals surface area contributed by atoms with Crippen molar-refractivity contribution >= 4 is 28.6 Å². The number of nitrogens with zero attached hydrogens (tertiary/aromatic N) is 4. The summed E-state index contributed by atoms with van der Waals surface area (Å²) in [5.41, 5.74) is 4.59. The molecule has 0 N–H and O–H groups in total. The van der Waals surface area contributed by atoms with Gasteiger partial charge in [0.1, 0.15) is 0 Å². The van der Waals surface area contributed by atoms with Gasteiger partial charge >= 0.3 is 5.97 Å². The Morgan fingerprint density at radius 1 is 1.28 bits per heavy atom. The third-order valence-corrected chi connectivity index (χ3v) is 4.22. The lowest BCUT2D eigenvalue weighted by atomic mass is 10.2. The van der Waals surface area contributed by atoms with Crippen molar-refractivity contribution in [2.75, 3.05) is 6.61 Å². The summed E-state index contributed by atoms with van der Waals surface area (Å²) in [5, 5.41) is 5.51. The number of aryl methyl sites for hydroxylation is 3. The van der Waals surface area contributed by atoms with Gasteiger partial charge in [-0.2, -0.15) is 5.10 Å². The van der Waals surface area contributed by atoms with E-state index in [1.54, 1.807) is 11.6 Å². The number of aromatic nitrogens is 4. The average molecular weight is 359 g/mol. The van der Waals surface area contributed by atoms with Crippen molar-refractivity contribution in [2.24, 2.45) is 0 Å². The predicted octanol–water partition coefficient (Wildman–Crippen LogP) is 3.63. The Bertz CT molecular complexity index is 945. The zero-order chi connectivity index (χ0) is 18.1. The van der Waals surface area contributed by atoms with Crippen molar-refractivity contribution < 1.29 is 9.53 Å². The van der Waals surface area contributed by atoms with E-state index < -0.39 is 5.97 Å². The third kappa shape index (κ3) is 3.35. The molecule has 0 bridgehead atoms. The van der Waals surface area contributed by atoms with Crippen LogP contribution in [-0.4, -0.2) is 32.3 Å². The summed E-state index contributed by atoms with van der Waals surface area (Å²) in [5.74, 6) is -0.481. The van der Waals surface area contributed by atoms with Gasteiger partial charge in [-0.1, -0.05) is 11.6 Å². The highest BCUT2D eigenvalue weighted by molar-refractivity contribution is 6.38. The summed E-state index contributed by atoms with van der Waals surface area (Å²) < 4.78 is 6.78. The first-order chi connectivity index (χ1) is 11.9. The molecule has 0 unspecified atom stereocenters. The molecule has 0 amide bonds. The normalized spacial score (nSPS) is 11.1. The molecule has 0 saturated heterocycles. The minimum absolute atomic E-state index is 0.253. The number of pyridine rings is 2. The first kappa shape index (κ1) is 17.4. The van der Waals surface area contributed by atoms with Gasteiger partial charge in [0, 0.05) is 11.9 Å². The van der Waals surface area contributed by atoms with Crippen LogP contribution in [0.1, 0.15) is 39.9 Å². The van der Waals surface area contributed by atoms with Gasteiger partial charge < -0.3 is 4.74 Å². The molecular formula is C18H19ClN4O2. The van der Waals surface area contributed by atoms with E-state index in [0.29, 0.717) is 28.3 Å². The zero-order valence-electron chi connectivity index (χ0n) is 14.6. The summed E-state index contributed by atoms with van der Waals surface area (Å²) >= 11 is 6.43. The van der Waals surface area contributed by atoms with Gasteiger partial charge in [0.05, 0.1) is 40.5 Å². The van der Waals surface area contributed by atoms with Crippen molar-refractivity contribution in [3.8, 4) is 0 Å². The fourth-order valence-electron chi connectivity index (χ4n) is 2.90. The Labute approximate surface area is 150 Å². The molecule has 25 heavy (non-hydrogen) atoms. The van der Waals surface area contributed by atoms with Crippen LogP contribution in [0.4, 0.5) is 0 Å². The highest BCUT2D eigenvalue weighted by Crippen LogP contribution is 2.29. The van der Waals surface area contributed by atoms with E-state index in [0.717, 1.165) is 17.0 Å². The number of fused-ring (bicyclic) bond motifs is 1. The van der Waals surface area contributed by atoms with Crippen LogP contribution in [0.5, 0.6) is 0 Å². The fraction of sp³-hybridized carbons (Fsp3) is 0.333. The predicted molar refractivity (Wildman–Crippen MR) is 96.0 cm³/mol. The van der Waals surface area contributed by atoms with Gasteiger partial charge in [-0.15, -0.1) is 0 Å². The molecule has 0 radical (unpaired) electrons. The van der Waals surface area contributed by atoms with E-state index in [1.165, 1.54) is 6.20 Å². The molecule has 3 heterocycles. The maximum atomic E-state index is 12.0. The van der Waals surface area contributed by atoms with E-state index in [1.807, 2.05) is 32.9 Å². The second-order valence-electron chi connectivity index (χ2n) is 5.93. The molecule has 0 aliphatic carbocycles. The van der Waals surface area contributed by atoms with Crippen LogP contribution in [0.25, 0.3) is 11.0 Å². The van der Waals surface area contributed by atoms with Crippen LogP contribution in [0, 0.1) is 20.8 Å². The first-order valence-electron chi connectivity index (χ1n) is 8.03. The van der Waals surface area contributed by atoms with Crippen LogP contribution in [0.3, 0.4) is 0 Å². The lowest BCUT2D eigenvalue weighted by Gasteiger charge is -2.07. The van der Waals surface area contributed by atoms with Crippen molar-refractivity contribution in [1.29, 1.82) is 0 Å². The molecule has 3 aromatic heterocycles. The molecule has 0 atom stereocenters. The van der Waals surface area contributed by atoms with Crippen molar-refractivity contribution in [3.05, 3.63) is 51.6 Å². The molecule has 0 spiro atoms. The molecular weight excluding hydrogens is 340 g/mol. The van der Waals surface area contributed by atoms with Gasteiger partial charge in [-0.25, -0.2) is 14.5 Å². The molecule has 130 valence electrons. The molecule has 0 aliphatic rings. The quantitative estimate of drug-likeness (QED) is 0.666. The lowest BCUT2D eigenvalue weighted by Crippen LogP contribution is -2.08. The van der Waals surface area contributed by atoms with Crippen LogP contribution in [0.2, 0.25) is 5.02 Å². The number of halogens is 1. The van der Waals surface area contributed by atoms with Gasteiger partial charge in [-0.05, 0) is 45.4 Å². The number of ether oxygens (including phenoxy) is 1. The highest BCUT2D eigenvalue weighted by atomic mass is 35.5. The molecule has 6 nitrogen and oxygen atoms in total. The van der Waals surface area contributed by atoms with Crippen molar-refractivity contribution in [3.63, 3.8) is 0 Å². The average Bonchev–Trinajstić information content (AvgIpc) is 2.83. The first-order valence-corrected chi connectivity index (χ1v) is 8.41. The summed E-state index contributed by atoms with van der Waals surface area (Å²) in [4.78, 5) is 20.9. The molecule has 7 heteroatoms. The summed E-state index contributed by atoms with van der Waals surface area (Å²) in [6, 6.07) is 4.04. The number of rotatable bonds is 4. The largest absolute Gasteiger partial charge is 0.462 e. The Hall–Kier alpha value is -2.47. The Morgan fingerprint density at radius 3 is 2.72 bits per heavy atom. The number of esters is 1. The maximum Gasteiger partial charge on any atom is 0.341 e. The Kier molecular flexibility index (Phi) is 4.72. The van der Waals surface area contributed by atoms with Crippen molar-refractivity contribution in [1.82, 2.24) is 19.7 Å². The zero-order valence-corrected chi connectivity index (χ0v) is 15.4.